The minimum Gasteiger partial charge on any atom is -0.407 e. The molecule has 2 atom stereocenters. The van der Waals surface area contributed by atoms with Gasteiger partial charge in [0, 0.05) is 39.9 Å². The zero-order valence-electron chi connectivity index (χ0n) is 16.7. The second kappa shape index (κ2) is 8.51. The van der Waals surface area contributed by atoms with E-state index in [2.05, 4.69) is 48.1 Å². The lowest BCUT2D eigenvalue weighted by Crippen LogP contribution is -2.38. The highest BCUT2D eigenvalue weighted by molar-refractivity contribution is 7.14. The molecule has 6 heteroatoms. The van der Waals surface area contributed by atoms with Crippen LogP contribution in [0.15, 0.2) is 40.3 Å². The summed E-state index contributed by atoms with van der Waals surface area (Å²) in [5.41, 5.74) is 4.96. The van der Waals surface area contributed by atoms with Gasteiger partial charge in [0.1, 0.15) is 5.76 Å². The summed E-state index contributed by atoms with van der Waals surface area (Å²) < 4.78 is 0. The highest BCUT2D eigenvalue weighted by Gasteiger charge is 2.38. The third-order valence-corrected chi connectivity index (χ3v) is 7.73. The molecule has 0 saturated heterocycles. The summed E-state index contributed by atoms with van der Waals surface area (Å²) in [4.78, 5) is 8.69. The second-order valence-electron chi connectivity index (χ2n) is 7.49. The average Bonchev–Trinajstić information content (AvgIpc) is 3.39. The molecule has 0 aromatic carbocycles. The number of aliphatic hydroxyl groups excluding tert-OH is 1. The van der Waals surface area contributed by atoms with Crippen LogP contribution in [-0.4, -0.2) is 36.0 Å². The number of hydrogen-bond acceptors (Lipinski definition) is 6. The average molecular weight is 417 g/mol. The summed E-state index contributed by atoms with van der Waals surface area (Å²) in [6.45, 7) is 5.01. The predicted molar refractivity (Wildman–Crippen MR) is 117 cm³/mol. The fourth-order valence-corrected chi connectivity index (χ4v) is 6.13. The summed E-state index contributed by atoms with van der Waals surface area (Å²) >= 11 is 3.59. The molecule has 3 heterocycles. The van der Waals surface area contributed by atoms with Crippen molar-refractivity contribution in [3.63, 3.8) is 0 Å². The number of hydrogen-bond donors (Lipinski definition) is 2. The molecule has 150 valence electrons. The van der Waals surface area contributed by atoms with Crippen molar-refractivity contribution >= 4 is 28.2 Å². The Labute approximate surface area is 175 Å². The third-order valence-electron chi connectivity index (χ3n) is 5.63. The number of aliphatic hydroxyl groups is 1. The van der Waals surface area contributed by atoms with E-state index in [9.17, 15) is 5.11 Å². The first-order chi connectivity index (χ1) is 13.6. The number of likely N-dealkylation sites (N-methyl/N-ethyl adjacent to an activating group) is 1. The van der Waals surface area contributed by atoms with Crippen molar-refractivity contribution in [1.82, 2.24) is 10.4 Å². The SMILES string of the molecule is CNC1CCCC2=C1C(O)N(CCC=C(c1sccc1C)c1sccc1C)O2. The number of rotatable bonds is 6. The zero-order chi connectivity index (χ0) is 19.7. The molecule has 28 heavy (non-hydrogen) atoms. The van der Waals surface area contributed by atoms with Gasteiger partial charge in [-0.2, -0.15) is 0 Å². The molecule has 0 amide bonds. The zero-order valence-corrected chi connectivity index (χ0v) is 18.3. The van der Waals surface area contributed by atoms with Crippen LogP contribution in [0, 0.1) is 13.8 Å². The maximum atomic E-state index is 10.8. The van der Waals surface area contributed by atoms with Crippen molar-refractivity contribution in [2.24, 2.45) is 0 Å². The number of hydroxylamine groups is 2. The van der Waals surface area contributed by atoms with E-state index in [1.54, 1.807) is 27.7 Å². The fourth-order valence-electron chi connectivity index (χ4n) is 4.12. The number of aryl methyl sites for hydroxylation is 2. The van der Waals surface area contributed by atoms with E-state index in [1.807, 2.05) is 7.05 Å². The van der Waals surface area contributed by atoms with Crippen LogP contribution in [0.3, 0.4) is 0 Å². The first-order valence-corrected chi connectivity index (χ1v) is 11.7. The van der Waals surface area contributed by atoms with Crippen molar-refractivity contribution in [2.75, 3.05) is 13.6 Å². The Morgan fingerprint density at radius 1 is 1.25 bits per heavy atom. The molecule has 4 nitrogen and oxygen atoms in total. The molecule has 2 aromatic rings. The molecule has 2 aliphatic rings. The quantitative estimate of drug-likeness (QED) is 0.707. The van der Waals surface area contributed by atoms with Crippen LogP contribution in [0.2, 0.25) is 0 Å². The van der Waals surface area contributed by atoms with Crippen LogP contribution in [0.5, 0.6) is 0 Å². The Morgan fingerprint density at radius 2 is 1.93 bits per heavy atom. The fraction of sp³-hybridized carbons (Fsp3) is 0.455. The first kappa shape index (κ1) is 19.9. The monoisotopic (exact) mass is 416 g/mol. The number of allylic oxidation sites excluding steroid dienone is 1. The molecular weight excluding hydrogens is 388 g/mol. The van der Waals surface area contributed by atoms with Crippen LogP contribution in [-0.2, 0) is 4.84 Å². The normalized spacial score (nSPS) is 22.3. The minimum absolute atomic E-state index is 0.220. The van der Waals surface area contributed by atoms with E-state index in [0.29, 0.717) is 6.54 Å². The van der Waals surface area contributed by atoms with Crippen molar-refractivity contribution < 1.29 is 9.94 Å². The van der Waals surface area contributed by atoms with E-state index in [1.165, 1.54) is 26.5 Å². The molecular formula is C22H28N2O2S2. The van der Waals surface area contributed by atoms with Gasteiger partial charge in [0.2, 0.25) is 0 Å². The van der Waals surface area contributed by atoms with Gasteiger partial charge in [0.15, 0.2) is 6.23 Å². The van der Waals surface area contributed by atoms with E-state index < -0.39 is 6.23 Å². The second-order valence-corrected chi connectivity index (χ2v) is 9.32. The molecule has 0 fully saturated rings. The molecule has 2 aromatic heterocycles. The lowest BCUT2D eigenvalue weighted by atomic mass is 9.92. The first-order valence-electron chi connectivity index (χ1n) is 9.92. The molecule has 0 spiro atoms. The largest absolute Gasteiger partial charge is 0.407 e. The highest BCUT2D eigenvalue weighted by Crippen LogP contribution is 2.37. The molecule has 4 rings (SSSR count). The molecule has 0 saturated carbocycles. The van der Waals surface area contributed by atoms with Crippen LogP contribution >= 0.6 is 22.7 Å². The van der Waals surface area contributed by atoms with Gasteiger partial charge in [0.05, 0.1) is 0 Å². The lowest BCUT2D eigenvalue weighted by molar-refractivity contribution is -0.172. The summed E-state index contributed by atoms with van der Waals surface area (Å²) in [6, 6.07) is 4.58. The Hall–Kier alpha value is -1.44. The van der Waals surface area contributed by atoms with Crippen LogP contribution in [0.25, 0.3) is 5.57 Å². The van der Waals surface area contributed by atoms with E-state index in [4.69, 9.17) is 4.84 Å². The molecule has 0 bridgehead atoms. The van der Waals surface area contributed by atoms with E-state index >= 15 is 0 Å². The summed E-state index contributed by atoms with van der Waals surface area (Å²) in [7, 11) is 1.96. The van der Waals surface area contributed by atoms with Gasteiger partial charge in [-0.05, 0) is 74.2 Å². The maximum absolute atomic E-state index is 10.8. The topological polar surface area (TPSA) is 44.7 Å². The predicted octanol–water partition coefficient (Wildman–Crippen LogP) is 4.84. The highest BCUT2D eigenvalue weighted by atomic mass is 32.1. The Morgan fingerprint density at radius 3 is 2.50 bits per heavy atom. The van der Waals surface area contributed by atoms with Gasteiger partial charge in [-0.3, -0.25) is 0 Å². The smallest absolute Gasteiger partial charge is 0.166 e. The Balaban J connectivity index is 1.50. The maximum Gasteiger partial charge on any atom is 0.166 e. The van der Waals surface area contributed by atoms with Crippen LogP contribution < -0.4 is 5.32 Å². The third kappa shape index (κ3) is 3.72. The van der Waals surface area contributed by atoms with Gasteiger partial charge in [-0.15, -0.1) is 27.7 Å². The number of nitrogens with zero attached hydrogens (tertiary/aromatic N) is 1. The van der Waals surface area contributed by atoms with Crippen molar-refractivity contribution in [3.8, 4) is 0 Å². The van der Waals surface area contributed by atoms with Gasteiger partial charge < -0.3 is 15.3 Å². The number of thiophene rings is 2. The Bertz CT molecular complexity index is 854. The van der Waals surface area contributed by atoms with Gasteiger partial charge in [-0.1, -0.05) is 6.08 Å². The van der Waals surface area contributed by atoms with Crippen LogP contribution in [0.1, 0.15) is 46.6 Å². The molecule has 1 aliphatic heterocycles. The summed E-state index contributed by atoms with van der Waals surface area (Å²) in [5, 5.41) is 20.2. The van der Waals surface area contributed by atoms with Gasteiger partial charge >= 0.3 is 0 Å². The van der Waals surface area contributed by atoms with E-state index in [-0.39, 0.29) is 6.04 Å². The number of nitrogens with one attached hydrogen (secondary N) is 1. The van der Waals surface area contributed by atoms with Crippen molar-refractivity contribution in [1.29, 1.82) is 0 Å². The summed E-state index contributed by atoms with van der Waals surface area (Å²) in [6.07, 6.45) is 5.57. The summed E-state index contributed by atoms with van der Waals surface area (Å²) in [5.74, 6) is 0.963. The standard InChI is InChI=1S/C22H28N2O2S2/c1-14-9-12-27-20(14)16(21-15(2)10-13-28-21)6-5-11-24-22(25)19-17(23-3)7-4-8-18(19)26-24/h6,9-10,12-13,17,22-23,25H,4-5,7-8,11H2,1-3H3. The molecule has 2 unspecified atom stereocenters. The van der Waals surface area contributed by atoms with Crippen molar-refractivity contribution in [2.45, 2.75) is 51.8 Å². The van der Waals surface area contributed by atoms with E-state index in [0.717, 1.165) is 37.0 Å². The molecule has 0 radical (unpaired) electrons. The Kier molecular flexibility index (Phi) is 6.04. The molecule has 2 N–H and O–H groups in total. The van der Waals surface area contributed by atoms with Gasteiger partial charge in [-0.25, -0.2) is 0 Å². The minimum atomic E-state index is -0.642. The van der Waals surface area contributed by atoms with Crippen molar-refractivity contribution in [3.05, 3.63) is 61.2 Å². The van der Waals surface area contributed by atoms with Crippen LogP contribution in [0.4, 0.5) is 0 Å². The lowest BCUT2D eigenvalue weighted by Gasteiger charge is -2.24. The van der Waals surface area contributed by atoms with Gasteiger partial charge in [0.25, 0.3) is 0 Å². The molecule has 1 aliphatic carbocycles.